The van der Waals surface area contributed by atoms with E-state index in [0.717, 1.165) is 50.7 Å². The fraction of sp³-hybridized carbons (Fsp3) is 0.321. The lowest BCUT2D eigenvalue weighted by Gasteiger charge is -2.40. The molecule has 1 fully saturated rings. The van der Waals surface area contributed by atoms with Crippen molar-refractivity contribution in [2.45, 2.75) is 25.9 Å². The monoisotopic (exact) mass is 468 g/mol. The Kier molecular flexibility index (Phi) is 7.04. The van der Waals surface area contributed by atoms with Crippen molar-refractivity contribution < 1.29 is 4.74 Å². The standard InChI is InChI=1S/C28H32N6O/c1-22-11-13-24(14-12-22)27(28-29-30-31-34(28)16-15-23-7-4-3-5-8-23)33-19-17-32(18-20-33)25-9-6-10-26(21-25)35-2/h3-14,21,27H,15-20H2,1-2H3. The average Bonchev–Trinajstić information content (AvgIpc) is 3.38. The van der Waals surface area contributed by atoms with Crippen molar-refractivity contribution in [3.8, 4) is 5.75 Å². The number of aryl methyl sites for hydroxylation is 3. The molecule has 1 unspecified atom stereocenters. The molecule has 180 valence electrons. The molecule has 35 heavy (non-hydrogen) atoms. The number of anilines is 1. The summed E-state index contributed by atoms with van der Waals surface area (Å²) in [5.41, 5.74) is 4.96. The Bertz CT molecular complexity index is 1220. The number of nitrogens with zero attached hydrogens (tertiary/aromatic N) is 6. The van der Waals surface area contributed by atoms with E-state index >= 15 is 0 Å². The van der Waals surface area contributed by atoms with Gasteiger partial charge >= 0.3 is 0 Å². The molecule has 0 spiro atoms. The lowest BCUT2D eigenvalue weighted by Crippen LogP contribution is -2.48. The number of hydrogen-bond acceptors (Lipinski definition) is 6. The van der Waals surface area contributed by atoms with E-state index in [9.17, 15) is 0 Å². The number of methoxy groups -OCH3 is 1. The van der Waals surface area contributed by atoms with Gasteiger partial charge in [0, 0.05) is 44.5 Å². The van der Waals surface area contributed by atoms with Gasteiger partial charge in [-0.1, -0.05) is 66.2 Å². The topological polar surface area (TPSA) is 59.3 Å². The molecule has 1 aliphatic rings. The molecule has 0 bridgehead atoms. The highest BCUT2D eigenvalue weighted by molar-refractivity contribution is 5.51. The molecule has 5 rings (SSSR count). The van der Waals surface area contributed by atoms with Crippen LogP contribution < -0.4 is 9.64 Å². The third-order valence-corrected chi connectivity index (χ3v) is 6.75. The first-order chi connectivity index (χ1) is 17.2. The smallest absolute Gasteiger partial charge is 0.173 e. The Morgan fingerprint density at radius 2 is 1.66 bits per heavy atom. The molecule has 0 amide bonds. The van der Waals surface area contributed by atoms with Gasteiger partial charge in [-0.3, -0.25) is 4.90 Å². The average molecular weight is 469 g/mol. The quantitative estimate of drug-likeness (QED) is 0.387. The highest BCUT2D eigenvalue weighted by atomic mass is 16.5. The third-order valence-electron chi connectivity index (χ3n) is 6.75. The molecule has 7 heteroatoms. The third kappa shape index (κ3) is 5.35. The molecule has 1 saturated heterocycles. The van der Waals surface area contributed by atoms with E-state index in [-0.39, 0.29) is 6.04 Å². The number of benzene rings is 3. The Morgan fingerprint density at radius 1 is 0.886 bits per heavy atom. The zero-order chi connectivity index (χ0) is 24.0. The van der Waals surface area contributed by atoms with Crippen molar-refractivity contribution in [2.24, 2.45) is 0 Å². The number of piperazine rings is 1. The highest BCUT2D eigenvalue weighted by Gasteiger charge is 2.30. The Labute approximate surface area is 206 Å². The van der Waals surface area contributed by atoms with Crippen molar-refractivity contribution >= 4 is 5.69 Å². The summed E-state index contributed by atoms with van der Waals surface area (Å²) in [7, 11) is 1.71. The number of rotatable bonds is 8. The predicted molar refractivity (Wildman–Crippen MR) is 138 cm³/mol. The second kappa shape index (κ2) is 10.7. The lowest BCUT2D eigenvalue weighted by molar-refractivity contribution is 0.200. The van der Waals surface area contributed by atoms with Crippen LogP contribution >= 0.6 is 0 Å². The molecule has 0 saturated carbocycles. The second-order valence-electron chi connectivity index (χ2n) is 9.03. The Hall–Kier alpha value is -3.71. The molecule has 0 radical (unpaired) electrons. The van der Waals surface area contributed by atoms with Gasteiger partial charge in [0.25, 0.3) is 0 Å². The van der Waals surface area contributed by atoms with Gasteiger partial charge in [0.2, 0.25) is 0 Å². The molecule has 1 aliphatic heterocycles. The predicted octanol–water partition coefficient (Wildman–Crippen LogP) is 4.14. The molecular formula is C28H32N6O. The molecule has 7 nitrogen and oxygen atoms in total. The minimum atomic E-state index is 0.00818. The van der Waals surface area contributed by atoms with Crippen LogP contribution in [0.4, 0.5) is 5.69 Å². The molecule has 1 atom stereocenters. The molecular weight excluding hydrogens is 436 g/mol. The van der Waals surface area contributed by atoms with Crippen molar-refractivity contribution in [1.29, 1.82) is 0 Å². The largest absolute Gasteiger partial charge is 0.497 e. The molecule has 1 aromatic heterocycles. The summed E-state index contributed by atoms with van der Waals surface area (Å²) >= 11 is 0. The molecule has 3 aromatic carbocycles. The van der Waals surface area contributed by atoms with Crippen LogP contribution in [0.25, 0.3) is 0 Å². The first-order valence-corrected chi connectivity index (χ1v) is 12.2. The minimum absolute atomic E-state index is 0.00818. The second-order valence-corrected chi connectivity index (χ2v) is 9.03. The fourth-order valence-corrected chi connectivity index (χ4v) is 4.76. The van der Waals surface area contributed by atoms with Crippen molar-refractivity contribution in [3.05, 3.63) is 101 Å². The summed E-state index contributed by atoms with van der Waals surface area (Å²) in [5, 5.41) is 13.0. The van der Waals surface area contributed by atoms with Crippen molar-refractivity contribution in [2.75, 3.05) is 38.2 Å². The molecule has 0 aliphatic carbocycles. The highest BCUT2D eigenvalue weighted by Crippen LogP contribution is 2.30. The lowest BCUT2D eigenvalue weighted by atomic mass is 10.0. The van der Waals surface area contributed by atoms with Gasteiger partial charge in [0.05, 0.1) is 13.2 Å². The Morgan fingerprint density at radius 3 is 2.40 bits per heavy atom. The zero-order valence-corrected chi connectivity index (χ0v) is 20.4. The molecule has 4 aromatic rings. The van der Waals surface area contributed by atoms with Crippen LogP contribution in [-0.2, 0) is 13.0 Å². The van der Waals surface area contributed by atoms with Gasteiger partial charge < -0.3 is 9.64 Å². The molecule has 0 N–H and O–H groups in total. The van der Waals surface area contributed by atoms with Crippen LogP contribution in [0.1, 0.15) is 28.6 Å². The van der Waals surface area contributed by atoms with Gasteiger partial charge in [0.15, 0.2) is 5.82 Å². The van der Waals surface area contributed by atoms with E-state index in [1.807, 2.05) is 16.8 Å². The Balaban J connectivity index is 1.37. The van der Waals surface area contributed by atoms with E-state index in [4.69, 9.17) is 4.74 Å². The minimum Gasteiger partial charge on any atom is -0.497 e. The van der Waals surface area contributed by atoms with Gasteiger partial charge in [0.1, 0.15) is 5.75 Å². The first-order valence-electron chi connectivity index (χ1n) is 12.2. The van der Waals surface area contributed by atoms with E-state index < -0.39 is 0 Å². The normalized spacial score (nSPS) is 15.2. The van der Waals surface area contributed by atoms with Crippen LogP contribution in [-0.4, -0.2) is 58.4 Å². The van der Waals surface area contributed by atoms with E-state index in [2.05, 4.69) is 99.0 Å². The van der Waals surface area contributed by atoms with Gasteiger partial charge in [-0.2, -0.15) is 0 Å². The molecule has 2 heterocycles. The SMILES string of the molecule is COc1cccc(N2CCN(C(c3ccc(C)cc3)c3nnnn3CCc3ccccc3)CC2)c1. The van der Waals surface area contributed by atoms with Crippen LogP contribution in [0.15, 0.2) is 78.9 Å². The van der Waals surface area contributed by atoms with E-state index in [1.54, 1.807) is 7.11 Å². The number of aromatic nitrogens is 4. The van der Waals surface area contributed by atoms with Crippen LogP contribution in [0.5, 0.6) is 5.75 Å². The van der Waals surface area contributed by atoms with Crippen LogP contribution in [0.3, 0.4) is 0 Å². The first kappa shape index (κ1) is 23.1. The van der Waals surface area contributed by atoms with Gasteiger partial charge in [-0.25, -0.2) is 4.68 Å². The zero-order valence-electron chi connectivity index (χ0n) is 20.4. The maximum Gasteiger partial charge on any atom is 0.173 e. The van der Waals surface area contributed by atoms with Crippen LogP contribution in [0.2, 0.25) is 0 Å². The van der Waals surface area contributed by atoms with Crippen molar-refractivity contribution in [3.63, 3.8) is 0 Å². The number of tetrazole rings is 1. The van der Waals surface area contributed by atoms with E-state index in [0.29, 0.717) is 0 Å². The fourth-order valence-electron chi connectivity index (χ4n) is 4.76. The summed E-state index contributed by atoms with van der Waals surface area (Å²) < 4.78 is 7.41. The summed E-state index contributed by atoms with van der Waals surface area (Å²) in [6, 6.07) is 27.6. The van der Waals surface area contributed by atoms with Gasteiger partial charge in [-0.15, -0.1) is 5.10 Å². The summed E-state index contributed by atoms with van der Waals surface area (Å²) in [6.45, 7) is 6.57. The summed E-state index contributed by atoms with van der Waals surface area (Å²) in [5.74, 6) is 1.79. The maximum atomic E-state index is 5.43. The summed E-state index contributed by atoms with van der Waals surface area (Å²) in [4.78, 5) is 4.93. The van der Waals surface area contributed by atoms with E-state index in [1.165, 1.54) is 22.4 Å². The number of hydrogen-bond donors (Lipinski definition) is 0. The van der Waals surface area contributed by atoms with Gasteiger partial charge in [-0.05, 0) is 47.0 Å². The van der Waals surface area contributed by atoms with Crippen LogP contribution in [0, 0.1) is 6.92 Å². The summed E-state index contributed by atoms with van der Waals surface area (Å²) in [6.07, 6.45) is 0.892. The van der Waals surface area contributed by atoms with Crippen molar-refractivity contribution in [1.82, 2.24) is 25.1 Å². The number of ether oxygens (including phenoxy) is 1. The maximum absolute atomic E-state index is 5.43.